The third-order valence-electron chi connectivity index (χ3n) is 6.68. The van der Waals surface area contributed by atoms with Gasteiger partial charge in [-0.2, -0.15) is 28.2 Å². The van der Waals surface area contributed by atoms with Crippen LogP contribution in [-0.4, -0.2) is 57.2 Å². The highest BCUT2D eigenvalue weighted by atomic mass is 19.4. The Balaban J connectivity index is 1.39. The number of rotatable bonds is 5. The van der Waals surface area contributed by atoms with Crippen molar-refractivity contribution in [2.24, 2.45) is 18.9 Å². The number of fused-ring (bicyclic) bond motifs is 1. The molecule has 0 aromatic carbocycles. The summed E-state index contributed by atoms with van der Waals surface area (Å²) in [6, 6.07) is 1.92. The molecule has 0 radical (unpaired) electrons. The van der Waals surface area contributed by atoms with E-state index in [1.165, 1.54) is 0 Å². The molecule has 2 aliphatic rings. The van der Waals surface area contributed by atoms with Crippen LogP contribution in [-0.2, 0) is 11.8 Å². The lowest BCUT2D eigenvalue weighted by Crippen LogP contribution is -2.39. The van der Waals surface area contributed by atoms with Gasteiger partial charge in [0.1, 0.15) is 6.10 Å². The molecule has 1 aliphatic heterocycles. The van der Waals surface area contributed by atoms with Gasteiger partial charge < -0.3 is 14.4 Å². The number of halogens is 3. The number of nitrogens with zero attached hydrogens (tertiary/aromatic N) is 6. The lowest BCUT2D eigenvalue weighted by Gasteiger charge is -2.36. The van der Waals surface area contributed by atoms with Gasteiger partial charge >= 0.3 is 6.18 Å². The summed E-state index contributed by atoms with van der Waals surface area (Å²) >= 11 is 0. The first kappa shape index (κ1) is 22.8. The molecule has 34 heavy (non-hydrogen) atoms. The molecule has 0 bridgehead atoms. The quantitative estimate of drug-likeness (QED) is 0.552. The van der Waals surface area contributed by atoms with E-state index in [-0.39, 0.29) is 31.5 Å². The number of morpholine rings is 1. The number of alkyl halides is 3. The number of hydrogen-bond acceptors (Lipinski definition) is 7. The third-order valence-corrected chi connectivity index (χ3v) is 6.68. The average molecular weight is 477 g/mol. The van der Waals surface area contributed by atoms with Crippen LogP contribution in [0, 0.1) is 25.7 Å². The van der Waals surface area contributed by atoms with Crippen molar-refractivity contribution in [2.45, 2.75) is 39.0 Å². The van der Waals surface area contributed by atoms with Crippen LogP contribution in [0.1, 0.15) is 35.8 Å². The van der Waals surface area contributed by atoms with Crippen LogP contribution in [0.2, 0.25) is 0 Å². The van der Waals surface area contributed by atoms with Gasteiger partial charge in [-0.15, -0.1) is 0 Å². The predicted octanol–water partition coefficient (Wildman–Crippen LogP) is 3.92. The lowest BCUT2D eigenvalue weighted by molar-refractivity contribution is -0.206. The van der Waals surface area contributed by atoms with Crippen LogP contribution in [0.25, 0.3) is 11.0 Å². The summed E-state index contributed by atoms with van der Waals surface area (Å²) in [5.74, 6) is -0.547. The largest absolute Gasteiger partial charge is 0.477 e. The fourth-order valence-electron chi connectivity index (χ4n) is 4.43. The molecule has 5 rings (SSSR count). The minimum atomic E-state index is -4.13. The van der Waals surface area contributed by atoms with Crippen molar-refractivity contribution in [3.63, 3.8) is 0 Å². The molecule has 4 heterocycles. The Bertz CT molecular complexity index is 1190. The van der Waals surface area contributed by atoms with Crippen LogP contribution in [0.5, 0.6) is 5.88 Å². The molecule has 0 spiro atoms. The molecule has 0 amide bonds. The molecule has 182 valence electrons. The second-order valence-electron chi connectivity index (χ2n) is 9.23. The molecule has 1 saturated heterocycles. The van der Waals surface area contributed by atoms with E-state index in [1.807, 2.05) is 38.1 Å². The molecule has 1 saturated carbocycles. The SMILES string of the molecule is Cc1cc2c(OC[C@H]3C[C@@H](C(F)(F)F)C3)nc(N3CCO[C@@H](c4cnn(C)c4)C3)nc2nc1C. The fourth-order valence-corrected chi connectivity index (χ4v) is 4.43. The maximum absolute atomic E-state index is 12.9. The minimum Gasteiger partial charge on any atom is -0.477 e. The second-order valence-corrected chi connectivity index (χ2v) is 9.23. The number of pyridine rings is 1. The van der Waals surface area contributed by atoms with Crippen molar-refractivity contribution >= 4 is 17.0 Å². The smallest absolute Gasteiger partial charge is 0.391 e. The third kappa shape index (κ3) is 4.53. The van der Waals surface area contributed by atoms with Gasteiger partial charge in [0.25, 0.3) is 0 Å². The van der Waals surface area contributed by atoms with E-state index in [1.54, 1.807) is 10.9 Å². The van der Waals surface area contributed by atoms with E-state index in [0.717, 1.165) is 16.8 Å². The van der Waals surface area contributed by atoms with E-state index >= 15 is 0 Å². The highest BCUT2D eigenvalue weighted by Crippen LogP contribution is 2.45. The summed E-state index contributed by atoms with van der Waals surface area (Å²) in [4.78, 5) is 16.0. The molecule has 3 aromatic rings. The molecule has 0 N–H and O–H groups in total. The average Bonchev–Trinajstić information content (AvgIpc) is 3.19. The standard InChI is InChI=1S/C23H27F3N6O2/c1-13-6-18-20(28-14(13)2)29-22(30-21(18)34-12-15-7-17(8-15)23(24,25)26)32-4-5-33-19(11-32)16-9-27-31(3)10-16/h6,9-10,15,17,19H,4-5,7-8,11-12H2,1-3H3/t15-,17+,19-/m1/s1. The van der Waals surface area contributed by atoms with Gasteiger partial charge in [-0.1, -0.05) is 0 Å². The van der Waals surface area contributed by atoms with Crippen molar-refractivity contribution in [2.75, 3.05) is 31.2 Å². The molecular formula is C23H27F3N6O2. The van der Waals surface area contributed by atoms with Crippen molar-refractivity contribution in [1.82, 2.24) is 24.7 Å². The number of hydrogen-bond donors (Lipinski definition) is 0. The summed E-state index contributed by atoms with van der Waals surface area (Å²) in [7, 11) is 1.86. The summed E-state index contributed by atoms with van der Waals surface area (Å²) in [5, 5.41) is 4.89. The summed E-state index contributed by atoms with van der Waals surface area (Å²) in [6.45, 7) is 5.68. The Hall–Kier alpha value is -2.95. The van der Waals surface area contributed by atoms with Crippen LogP contribution < -0.4 is 9.64 Å². The first-order valence-electron chi connectivity index (χ1n) is 11.4. The van der Waals surface area contributed by atoms with E-state index in [0.29, 0.717) is 42.6 Å². The van der Waals surface area contributed by atoms with E-state index in [4.69, 9.17) is 14.5 Å². The minimum absolute atomic E-state index is 0.0893. The summed E-state index contributed by atoms with van der Waals surface area (Å²) in [6.07, 6.45) is -0.425. The fraction of sp³-hybridized carbons (Fsp3) is 0.565. The van der Waals surface area contributed by atoms with Gasteiger partial charge in [0.15, 0.2) is 5.65 Å². The van der Waals surface area contributed by atoms with Crippen molar-refractivity contribution in [1.29, 1.82) is 0 Å². The maximum Gasteiger partial charge on any atom is 0.391 e. The Morgan fingerprint density at radius 2 is 1.97 bits per heavy atom. The molecule has 2 fully saturated rings. The first-order valence-corrected chi connectivity index (χ1v) is 11.4. The highest BCUT2D eigenvalue weighted by Gasteiger charge is 2.48. The highest BCUT2D eigenvalue weighted by molar-refractivity contribution is 5.82. The zero-order valence-electron chi connectivity index (χ0n) is 19.3. The monoisotopic (exact) mass is 476 g/mol. The van der Waals surface area contributed by atoms with E-state index in [2.05, 4.69) is 15.1 Å². The summed E-state index contributed by atoms with van der Waals surface area (Å²) in [5.41, 5.74) is 3.30. The lowest BCUT2D eigenvalue weighted by atomic mass is 9.75. The van der Waals surface area contributed by atoms with Crippen LogP contribution in [0.15, 0.2) is 18.5 Å². The number of aryl methyl sites for hydroxylation is 3. The Kier molecular flexibility index (Phi) is 5.83. The van der Waals surface area contributed by atoms with Crippen molar-refractivity contribution in [3.8, 4) is 5.88 Å². The van der Waals surface area contributed by atoms with Gasteiger partial charge in [-0.3, -0.25) is 4.68 Å². The van der Waals surface area contributed by atoms with Gasteiger partial charge in [-0.05, 0) is 44.2 Å². The zero-order chi connectivity index (χ0) is 24.0. The Labute approximate surface area is 195 Å². The first-order chi connectivity index (χ1) is 16.2. The van der Waals surface area contributed by atoms with E-state index in [9.17, 15) is 13.2 Å². The van der Waals surface area contributed by atoms with Gasteiger partial charge in [0.2, 0.25) is 11.8 Å². The second kappa shape index (κ2) is 8.68. The van der Waals surface area contributed by atoms with Crippen LogP contribution >= 0.6 is 0 Å². The number of aromatic nitrogens is 5. The maximum atomic E-state index is 12.9. The van der Waals surface area contributed by atoms with Crippen molar-refractivity contribution < 1.29 is 22.6 Å². The van der Waals surface area contributed by atoms with Crippen LogP contribution in [0.3, 0.4) is 0 Å². The van der Waals surface area contributed by atoms with Crippen molar-refractivity contribution in [3.05, 3.63) is 35.3 Å². The number of ether oxygens (including phenoxy) is 2. The van der Waals surface area contributed by atoms with Crippen LogP contribution in [0.4, 0.5) is 19.1 Å². The molecule has 8 nitrogen and oxygen atoms in total. The molecule has 1 atom stereocenters. The zero-order valence-corrected chi connectivity index (χ0v) is 19.3. The Morgan fingerprint density at radius 1 is 1.18 bits per heavy atom. The van der Waals surface area contributed by atoms with Gasteiger partial charge in [-0.25, -0.2) is 4.98 Å². The topological polar surface area (TPSA) is 78.2 Å². The normalized spacial score (nSPS) is 23.2. The van der Waals surface area contributed by atoms with Gasteiger partial charge in [0, 0.05) is 31.0 Å². The summed E-state index contributed by atoms with van der Waals surface area (Å²) < 4.78 is 52.2. The Morgan fingerprint density at radius 3 is 2.68 bits per heavy atom. The molecule has 1 aliphatic carbocycles. The molecule has 11 heteroatoms. The molecule has 3 aromatic heterocycles. The number of anilines is 1. The van der Waals surface area contributed by atoms with E-state index < -0.39 is 12.1 Å². The molecular weight excluding hydrogens is 449 g/mol. The predicted molar refractivity (Wildman–Crippen MR) is 119 cm³/mol. The van der Waals surface area contributed by atoms with Gasteiger partial charge in [0.05, 0.1) is 37.3 Å². The molecule has 0 unspecified atom stereocenters.